The van der Waals surface area contributed by atoms with E-state index in [-0.39, 0.29) is 23.1 Å². The summed E-state index contributed by atoms with van der Waals surface area (Å²) in [6.07, 6.45) is 0. The average Bonchev–Trinajstić information content (AvgIpc) is 2.45. The second-order valence-corrected chi connectivity index (χ2v) is 4.29. The zero-order chi connectivity index (χ0) is 15.4. The molecule has 2 rings (SSSR count). The lowest BCUT2D eigenvalue weighted by atomic mass is 10.1. The van der Waals surface area contributed by atoms with Crippen LogP contribution >= 0.6 is 0 Å². The Morgan fingerprint density at radius 1 is 1.19 bits per heavy atom. The minimum Gasteiger partial charge on any atom is -0.455 e. The van der Waals surface area contributed by atoms with Crippen LogP contribution in [-0.2, 0) is 0 Å². The van der Waals surface area contributed by atoms with E-state index in [1.54, 1.807) is 13.0 Å². The third-order valence-electron chi connectivity index (χ3n) is 2.73. The molecule has 0 atom stereocenters. The fourth-order valence-corrected chi connectivity index (χ4v) is 1.69. The van der Waals surface area contributed by atoms with Crippen molar-refractivity contribution >= 4 is 11.6 Å². The largest absolute Gasteiger partial charge is 0.455 e. The van der Waals surface area contributed by atoms with Crippen molar-refractivity contribution in [3.8, 4) is 11.5 Å². The van der Waals surface area contributed by atoms with Crippen LogP contribution in [0.4, 0.5) is 14.5 Å². The number of carbonyl (C=O) groups is 1. The first kappa shape index (κ1) is 14.8. The second-order valence-electron chi connectivity index (χ2n) is 4.29. The van der Waals surface area contributed by atoms with E-state index in [1.165, 1.54) is 18.2 Å². The molecule has 0 aliphatic rings. The van der Waals surface area contributed by atoms with E-state index in [9.17, 15) is 13.6 Å². The second kappa shape index (κ2) is 6.21. The number of amides is 1. The van der Waals surface area contributed by atoms with Crippen LogP contribution in [0.2, 0.25) is 0 Å². The number of nitrogens with two attached hydrogens (primary N) is 1. The predicted octanol–water partition coefficient (Wildman–Crippen LogP) is 3.09. The van der Waals surface area contributed by atoms with Gasteiger partial charge in [-0.05, 0) is 37.3 Å². The lowest BCUT2D eigenvalue weighted by Crippen LogP contribution is -2.22. The summed E-state index contributed by atoms with van der Waals surface area (Å²) >= 11 is 0. The first-order chi connectivity index (χ1) is 10.0. The minimum atomic E-state index is -1.02. The van der Waals surface area contributed by atoms with Gasteiger partial charge in [-0.15, -0.1) is 0 Å². The monoisotopic (exact) mass is 292 g/mol. The summed E-state index contributed by atoms with van der Waals surface area (Å²) in [6.45, 7) is 2.29. The first-order valence-corrected chi connectivity index (χ1v) is 6.32. The quantitative estimate of drug-likeness (QED) is 0.851. The molecule has 0 aliphatic heterocycles. The SMILES string of the molecule is CCNC(=O)c1ccc(N)c(Oc2ccc(F)c(F)c2)c1. The molecule has 2 aromatic rings. The highest BCUT2D eigenvalue weighted by atomic mass is 19.2. The molecule has 0 aliphatic carbocycles. The van der Waals surface area contributed by atoms with E-state index in [0.29, 0.717) is 12.1 Å². The standard InChI is InChI=1S/C15H14F2N2O2/c1-2-19-15(20)9-3-6-13(18)14(7-9)21-10-4-5-11(16)12(17)8-10/h3-8H,2,18H2,1H3,(H,19,20). The summed E-state index contributed by atoms with van der Waals surface area (Å²) in [7, 11) is 0. The zero-order valence-corrected chi connectivity index (χ0v) is 11.3. The van der Waals surface area contributed by atoms with Crippen molar-refractivity contribution in [2.24, 2.45) is 0 Å². The van der Waals surface area contributed by atoms with Crippen LogP contribution in [0.3, 0.4) is 0 Å². The molecular formula is C15H14F2N2O2. The van der Waals surface area contributed by atoms with Crippen molar-refractivity contribution in [3.05, 3.63) is 53.6 Å². The Morgan fingerprint density at radius 2 is 1.95 bits per heavy atom. The highest BCUT2D eigenvalue weighted by Gasteiger charge is 2.10. The van der Waals surface area contributed by atoms with Crippen LogP contribution in [0.1, 0.15) is 17.3 Å². The highest BCUT2D eigenvalue weighted by Crippen LogP contribution is 2.29. The predicted molar refractivity (Wildman–Crippen MR) is 75.3 cm³/mol. The summed E-state index contributed by atoms with van der Waals surface area (Å²) in [4.78, 5) is 11.7. The van der Waals surface area contributed by atoms with Crippen LogP contribution in [0.25, 0.3) is 0 Å². The Hall–Kier alpha value is -2.63. The molecule has 0 heterocycles. The Kier molecular flexibility index (Phi) is 4.37. The van der Waals surface area contributed by atoms with Crippen LogP contribution < -0.4 is 15.8 Å². The molecule has 6 heteroatoms. The molecule has 3 N–H and O–H groups in total. The summed E-state index contributed by atoms with van der Waals surface area (Å²) in [6, 6.07) is 7.65. The van der Waals surface area contributed by atoms with Gasteiger partial charge in [-0.3, -0.25) is 4.79 Å². The van der Waals surface area contributed by atoms with Gasteiger partial charge >= 0.3 is 0 Å². The number of carbonyl (C=O) groups excluding carboxylic acids is 1. The van der Waals surface area contributed by atoms with Gasteiger partial charge in [0.2, 0.25) is 0 Å². The molecule has 0 spiro atoms. The summed E-state index contributed by atoms with van der Waals surface area (Å²) < 4.78 is 31.4. The fraction of sp³-hybridized carbons (Fsp3) is 0.133. The molecule has 0 bridgehead atoms. The molecule has 4 nitrogen and oxygen atoms in total. The Bertz CT molecular complexity index is 675. The molecular weight excluding hydrogens is 278 g/mol. The number of halogens is 2. The number of anilines is 1. The molecule has 21 heavy (non-hydrogen) atoms. The Labute approximate surface area is 120 Å². The average molecular weight is 292 g/mol. The van der Waals surface area contributed by atoms with E-state index in [0.717, 1.165) is 12.1 Å². The number of nitrogen functional groups attached to an aromatic ring is 1. The topological polar surface area (TPSA) is 64.4 Å². The van der Waals surface area contributed by atoms with Gasteiger partial charge in [0, 0.05) is 18.2 Å². The van der Waals surface area contributed by atoms with Gasteiger partial charge in [0.05, 0.1) is 5.69 Å². The molecule has 0 unspecified atom stereocenters. The van der Waals surface area contributed by atoms with E-state index in [1.807, 2.05) is 0 Å². The summed E-state index contributed by atoms with van der Waals surface area (Å²) in [5.41, 5.74) is 6.40. The van der Waals surface area contributed by atoms with Gasteiger partial charge in [0.1, 0.15) is 5.75 Å². The van der Waals surface area contributed by atoms with Gasteiger partial charge < -0.3 is 15.8 Å². The number of ether oxygens (including phenoxy) is 1. The number of nitrogens with one attached hydrogen (secondary N) is 1. The first-order valence-electron chi connectivity index (χ1n) is 6.32. The van der Waals surface area contributed by atoms with E-state index >= 15 is 0 Å². The maximum atomic E-state index is 13.1. The van der Waals surface area contributed by atoms with Gasteiger partial charge in [-0.25, -0.2) is 8.78 Å². The summed E-state index contributed by atoms with van der Waals surface area (Å²) in [5.74, 6) is -1.97. The van der Waals surface area contributed by atoms with E-state index in [2.05, 4.69) is 5.32 Å². The van der Waals surface area contributed by atoms with Crippen LogP contribution in [0.15, 0.2) is 36.4 Å². The third-order valence-corrected chi connectivity index (χ3v) is 2.73. The van der Waals surface area contributed by atoms with Crippen molar-refractivity contribution in [2.45, 2.75) is 6.92 Å². The molecule has 110 valence electrons. The van der Waals surface area contributed by atoms with Crippen molar-refractivity contribution < 1.29 is 18.3 Å². The van der Waals surface area contributed by atoms with Gasteiger partial charge in [-0.1, -0.05) is 0 Å². The maximum Gasteiger partial charge on any atom is 0.251 e. The maximum absolute atomic E-state index is 13.1. The fourth-order valence-electron chi connectivity index (χ4n) is 1.69. The Morgan fingerprint density at radius 3 is 2.62 bits per heavy atom. The number of rotatable bonds is 4. The molecule has 0 saturated carbocycles. The molecule has 0 fully saturated rings. The third kappa shape index (κ3) is 3.47. The molecule has 0 radical (unpaired) electrons. The van der Waals surface area contributed by atoms with E-state index in [4.69, 9.17) is 10.5 Å². The number of hydrogen-bond acceptors (Lipinski definition) is 3. The number of hydrogen-bond donors (Lipinski definition) is 2. The van der Waals surface area contributed by atoms with Crippen LogP contribution in [-0.4, -0.2) is 12.5 Å². The van der Waals surface area contributed by atoms with E-state index < -0.39 is 11.6 Å². The normalized spacial score (nSPS) is 10.2. The van der Waals surface area contributed by atoms with Crippen LogP contribution in [0, 0.1) is 11.6 Å². The van der Waals surface area contributed by atoms with Gasteiger partial charge in [0.25, 0.3) is 5.91 Å². The van der Waals surface area contributed by atoms with Crippen molar-refractivity contribution in [1.82, 2.24) is 5.32 Å². The van der Waals surface area contributed by atoms with Gasteiger partial charge in [-0.2, -0.15) is 0 Å². The molecule has 0 saturated heterocycles. The van der Waals surface area contributed by atoms with Gasteiger partial charge in [0.15, 0.2) is 17.4 Å². The van der Waals surface area contributed by atoms with Crippen LogP contribution in [0.5, 0.6) is 11.5 Å². The zero-order valence-electron chi connectivity index (χ0n) is 11.3. The lowest BCUT2D eigenvalue weighted by molar-refractivity contribution is 0.0955. The summed E-state index contributed by atoms with van der Waals surface area (Å²) in [5, 5.41) is 2.64. The molecule has 1 amide bonds. The van der Waals surface area contributed by atoms with Crippen molar-refractivity contribution in [3.63, 3.8) is 0 Å². The van der Waals surface area contributed by atoms with Crippen molar-refractivity contribution in [2.75, 3.05) is 12.3 Å². The smallest absolute Gasteiger partial charge is 0.251 e. The Balaban J connectivity index is 2.28. The highest BCUT2D eigenvalue weighted by molar-refractivity contribution is 5.95. The number of benzene rings is 2. The molecule has 2 aromatic carbocycles. The minimum absolute atomic E-state index is 0.0913. The molecule has 0 aromatic heterocycles. The lowest BCUT2D eigenvalue weighted by Gasteiger charge is -2.10. The van der Waals surface area contributed by atoms with Crippen molar-refractivity contribution in [1.29, 1.82) is 0 Å².